The first-order valence-electron chi connectivity index (χ1n) is 8.82. The summed E-state index contributed by atoms with van der Waals surface area (Å²) >= 11 is 2.23. The number of halogens is 2. The van der Waals surface area contributed by atoms with Crippen molar-refractivity contribution in [3.63, 3.8) is 0 Å². The summed E-state index contributed by atoms with van der Waals surface area (Å²) < 4.78 is 15.4. The Morgan fingerprint density at radius 2 is 2.00 bits per heavy atom. The first kappa shape index (κ1) is 20.1. The summed E-state index contributed by atoms with van der Waals surface area (Å²) in [7, 11) is 0. The molecule has 1 aliphatic carbocycles. The number of carbonyl (C=O) groups excluding carboxylic acids is 1. The van der Waals surface area contributed by atoms with Crippen LogP contribution in [0.2, 0.25) is 0 Å². The Hall–Kier alpha value is -1.21. The van der Waals surface area contributed by atoms with Crippen LogP contribution in [0.1, 0.15) is 38.3 Å². The molecule has 1 aromatic rings. The lowest BCUT2D eigenvalue weighted by atomic mass is 9.91. The molecule has 0 aromatic heterocycles. The second-order valence-electron chi connectivity index (χ2n) is 6.27. The van der Waals surface area contributed by atoms with Crippen LogP contribution in [0.5, 0.6) is 0 Å². The van der Waals surface area contributed by atoms with E-state index < -0.39 is 0 Å². The highest BCUT2D eigenvalue weighted by atomic mass is 127. The van der Waals surface area contributed by atoms with Gasteiger partial charge in [-0.2, -0.15) is 0 Å². The van der Waals surface area contributed by atoms with E-state index in [9.17, 15) is 9.18 Å². The summed E-state index contributed by atoms with van der Waals surface area (Å²) in [5, 5.41) is 2.95. The third-order valence-corrected chi connectivity index (χ3v) is 5.33. The summed E-state index contributed by atoms with van der Waals surface area (Å²) in [5.74, 6) is -0.501. The van der Waals surface area contributed by atoms with E-state index in [1.54, 1.807) is 6.92 Å². The number of carbonyl (C=O) groups is 1. The van der Waals surface area contributed by atoms with Crippen molar-refractivity contribution in [2.45, 2.75) is 33.6 Å². The molecular formula is C20H26FIN2O. The zero-order valence-corrected chi connectivity index (χ0v) is 17.3. The van der Waals surface area contributed by atoms with Crippen LogP contribution in [0.15, 0.2) is 35.7 Å². The van der Waals surface area contributed by atoms with Gasteiger partial charge in [0, 0.05) is 22.2 Å². The fraction of sp³-hybridized carbons (Fsp3) is 0.450. The molecule has 0 fully saturated rings. The summed E-state index contributed by atoms with van der Waals surface area (Å²) in [6, 6.07) is 6.05. The summed E-state index contributed by atoms with van der Waals surface area (Å²) in [6.45, 7) is 9.25. The predicted molar refractivity (Wildman–Crippen MR) is 110 cm³/mol. The minimum atomic E-state index is -0.293. The number of hydrogen-bond acceptors (Lipinski definition) is 2. The van der Waals surface area contributed by atoms with Gasteiger partial charge < -0.3 is 10.2 Å². The molecular weight excluding hydrogens is 430 g/mol. The zero-order valence-electron chi connectivity index (χ0n) is 15.2. The van der Waals surface area contributed by atoms with Gasteiger partial charge in [0.1, 0.15) is 5.83 Å². The van der Waals surface area contributed by atoms with E-state index in [1.807, 2.05) is 18.2 Å². The van der Waals surface area contributed by atoms with Gasteiger partial charge in [-0.1, -0.05) is 19.9 Å². The Balaban J connectivity index is 2.27. The van der Waals surface area contributed by atoms with Gasteiger partial charge in [0.05, 0.1) is 0 Å². The van der Waals surface area contributed by atoms with E-state index in [0.29, 0.717) is 24.1 Å². The largest absolute Gasteiger partial charge is 0.351 e. The molecule has 0 aliphatic heterocycles. The van der Waals surface area contributed by atoms with E-state index in [1.165, 1.54) is 6.08 Å². The third-order valence-electron chi connectivity index (χ3n) is 4.66. The van der Waals surface area contributed by atoms with Crippen LogP contribution >= 0.6 is 22.6 Å². The predicted octanol–water partition coefficient (Wildman–Crippen LogP) is 4.32. The molecule has 0 unspecified atom stereocenters. The maximum atomic E-state index is 14.4. The molecule has 0 radical (unpaired) electrons. The van der Waals surface area contributed by atoms with Crippen LogP contribution in [0.4, 0.5) is 4.39 Å². The van der Waals surface area contributed by atoms with E-state index in [0.717, 1.165) is 40.8 Å². The van der Waals surface area contributed by atoms with Crippen molar-refractivity contribution in [2.75, 3.05) is 26.2 Å². The monoisotopic (exact) mass is 456 g/mol. The number of hydrogen-bond donors (Lipinski definition) is 1. The molecule has 5 heteroatoms. The Morgan fingerprint density at radius 1 is 1.28 bits per heavy atom. The maximum Gasteiger partial charge on any atom is 0.252 e. The molecule has 1 N–H and O–H groups in total. The van der Waals surface area contributed by atoms with Crippen molar-refractivity contribution in [1.82, 2.24) is 10.2 Å². The van der Waals surface area contributed by atoms with Gasteiger partial charge in [0.2, 0.25) is 0 Å². The van der Waals surface area contributed by atoms with Gasteiger partial charge in [0.25, 0.3) is 5.91 Å². The standard InChI is InChI=1S/C20H26FIN2O/c1-4-24(5-2)11-10-23-20(25)18-13-19(21)14(3)6-7-15-8-9-16(22)12-17(15)18/h8-9,12-13H,4-7,10-11H2,1-3H3,(H,23,25)/b18-13+,19-14-. The minimum Gasteiger partial charge on any atom is -0.351 e. The van der Waals surface area contributed by atoms with Crippen molar-refractivity contribution in [2.24, 2.45) is 0 Å². The molecule has 0 saturated carbocycles. The van der Waals surface area contributed by atoms with Gasteiger partial charge in [-0.3, -0.25) is 4.79 Å². The molecule has 0 bridgehead atoms. The number of benzene rings is 1. The average molecular weight is 456 g/mol. The first-order valence-corrected chi connectivity index (χ1v) is 9.90. The third kappa shape index (κ3) is 5.38. The topological polar surface area (TPSA) is 32.3 Å². The molecule has 136 valence electrons. The molecule has 2 rings (SSSR count). The lowest BCUT2D eigenvalue weighted by Gasteiger charge is -2.20. The highest BCUT2D eigenvalue weighted by Gasteiger charge is 2.19. The lowest BCUT2D eigenvalue weighted by molar-refractivity contribution is -0.115. The second kappa shape index (κ2) is 9.48. The Morgan fingerprint density at radius 3 is 2.68 bits per heavy atom. The summed E-state index contributed by atoms with van der Waals surface area (Å²) in [6.07, 6.45) is 2.82. The second-order valence-corrected chi connectivity index (χ2v) is 7.52. The molecule has 0 saturated heterocycles. The molecule has 3 nitrogen and oxygen atoms in total. The van der Waals surface area contributed by atoms with Gasteiger partial charge in [-0.05, 0) is 90.4 Å². The van der Waals surface area contributed by atoms with E-state index in [2.05, 4.69) is 46.7 Å². The van der Waals surface area contributed by atoms with E-state index in [-0.39, 0.29) is 11.7 Å². The summed E-state index contributed by atoms with van der Waals surface area (Å²) in [5.41, 5.74) is 3.05. The number of amides is 1. The molecule has 1 aromatic carbocycles. The normalized spacial score (nSPS) is 19.7. The molecule has 1 aliphatic rings. The quantitative estimate of drug-likeness (QED) is 0.647. The van der Waals surface area contributed by atoms with Gasteiger partial charge >= 0.3 is 0 Å². The molecule has 0 atom stereocenters. The van der Waals surface area contributed by atoms with Gasteiger partial charge in [-0.15, -0.1) is 0 Å². The fourth-order valence-electron chi connectivity index (χ4n) is 2.94. The molecule has 25 heavy (non-hydrogen) atoms. The highest BCUT2D eigenvalue weighted by molar-refractivity contribution is 14.1. The highest BCUT2D eigenvalue weighted by Crippen LogP contribution is 2.29. The van der Waals surface area contributed by atoms with E-state index >= 15 is 0 Å². The van der Waals surface area contributed by atoms with Crippen molar-refractivity contribution in [1.29, 1.82) is 0 Å². The zero-order chi connectivity index (χ0) is 18.4. The number of likely N-dealkylation sites (N-methyl/N-ethyl adjacent to an activating group) is 1. The van der Waals surface area contributed by atoms with Crippen LogP contribution in [0.25, 0.3) is 5.57 Å². The first-order chi connectivity index (χ1) is 12.0. The van der Waals surface area contributed by atoms with Crippen LogP contribution in [0, 0.1) is 3.57 Å². The number of nitrogens with zero attached hydrogens (tertiary/aromatic N) is 1. The number of rotatable bonds is 6. The van der Waals surface area contributed by atoms with Crippen molar-refractivity contribution in [3.05, 3.63) is 50.4 Å². The Labute approximate surface area is 163 Å². The molecule has 0 spiro atoms. The number of fused-ring (bicyclic) bond motifs is 1. The van der Waals surface area contributed by atoms with Crippen LogP contribution < -0.4 is 5.32 Å². The van der Waals surface area contributed by atoms with Gasteiger partial charge in [0.15, 0.2) is 0 Å². The van der Waals surface area contributed by atoms with Crippen LogP contribution in [-0.4, -0.2) is 37.0 Å². The Kier molecular flexibility index (Phi) is 7.62. The number of allylic oxidation sites excluding steroid dienone is 3. The van der Waals surface area contributed by atoms with E-state index in [4.69, 9.17) is 0 Å². The van der Waals surface area contributed by atoms with Crippen molar-refractivity contribution < 1.29 is 9.18 Å². The van der Waals surface area contributed by atoms with Crippen LogP contribution in [-0.2, 0) is 11.2 Å². The van der Waals surface area contributed by atoms with Crippen molar-refractivity contribution >= 4 is 34.1 Å². The fourth-order valence-corrected chi connectivity index (χ4v) is 3.43. The average Bonchev–Trinajstić information content (AvgIpc) is 2.60. The SMILES string of the molecule is CCN(CC)CCNC(=O)/C1=C/C(F)=C(\C)CCc2ccc(I)cc21. The molecule has 1 amide bonds. The van der Waals surface area contributed by atoms with Crippen molar-refractivity contribution in [3.8, 4) is 0 Å². The maximum absolute atomic E-state index is 14.4. The smallest absolute Gasteiger partial charge is 0.252 e. The Bertz CT molecular complexity index is 693. The lowest BCUT2D eigenvalue weighted by Crippen LogP contribution is -2.35. The summed E-state index contributed by atoms with van der Waals surface area (Å²) in [4.78, 5) is 15.0. The van der Waals surface area contributed by atoms with Crippen LogP contribution in [0.3, 0.4) is 0 Å². The number of aryl methyl sites for hydroxylation is 1. The van der Waals surface area contributed by atoms with Gasteiger partial charge in [-0.25, -0.2) is 4.39 Å². The molecule has 0 heterocycles. The minimum absolute atomic E-state index is 0.208. The number of nitrogens with one attached hydrogen (secondary N) is 1.